The van der Waals surface area contributed by atoms with Crippen molar-refractivity contribution in [2.45, 2.75) is 58.0 Å². The molecule has 2 N–H and O–H groups in total. The second-order valence-electron chi connectivity index (χ2n) is 5.18. The third kappa shape index (κ3) is 2.95. The molecule has 102 valence electrons. The van der Waals surface area contributed by atoms with E-state index in [9.17, 15) is 0 Å². The quantitative estimate of drug-likeness (QED) is 0.853. The Hall–Kier alpha value is -0.380. The maximum atomic E-state index is 6.06. The van der Waals surface area contributed by atoms with E-state index >= 15 is 0 Å². The lowest BCUT2D eigenvalue weighted by atomic mass is 10.1. The van der Waals surface area contributed by atoms with E-state index in [2.05, 4.69) is 30.9 Å². The van der Waals surface area contributed by atoms with Crippen molar-refractivity contribution in [1.29, 1.82) is 0 Å². The molecule has 0 saturated heterocycles. The van der Waals surface area contributed by atoms with E-state index < -0.39 is 0 Å². The molecule has 2 rings (SSSR count). The number of rotatable bonds is 6. The molecular formula is C15H26N2S. The molecule has 18 heavy (non-hydrogen) atoms. The molecule has 1 heterocycles. The molecule has 1 atom stereocenters. The van der Waals surface area contributed by atoms with Gasteiger partial charge in [0.05, 0.1) is 6.04 Å². The van der Waals surface area contributed by atoms with Gasteiger partial charge in [0.1, 0.15) is 0 Å². The van der Waals surface area contributed by atoms with Crippen LogP contribution < -0.4 is 5.73 Å². The summed E-state index contributed by atoms with van der Waals surface area (Å²) in [5.74, 6) is 0. The molecule has 0 aromatic carbocycles. The number of hydrogen-bond acceptors (Lipinski definition) is 3. The van der Waals surface area contributed by atoms with Gasteiger partial charge in [-0.25, -0.2) is 0 Å². The van der Waals surface area contributed by atoms with Crippen LogP contribution in [0.1, 0.15) is 55.3 Å². The molecular weight excluding hydrogens is 240 g/mol. The first-order valence-electron chi connectivity index (χ1n) is 7.34. The first kappa shape index (κ1) is 14.0. The first-order chi connectivity index (χ1) is 8.80. The molecule has 0 spiro atoms. The summed E-state index contributed by atoms with van der Waals surface area (Å²) in [6.07, 6.45) is 6.64. The third-order valence-electron chi connectivity index (χ3n) is 4.14. The van der Waals surface area contributed by atoms with Gasteiger partial charge in [-0.2, -0.15) is 0 Å². The van der Waals surface area contributed by atoms with Crippen LogP contribution in [0.2, 0.25) is 0 Å². The smallest absolute Gasteiger partial charge is 0.0566 e. The van der Waals surface area contributed by atoms with Gasteiger partial charge in [-0.15, -0.1) is 11.3 Å². The standard InChI is InChI=1S/C15H26N2S/c1-3-13-9-10-15(18-13)14(11-16)17(4-2)12-7-5-6-8-12/h9-10,12,14H,3-8,11,16H2,1-2H3. The van der Waals surface area contributed by atoms with Gasteiger partial charge in [0.2, 0.25) is 0 Å². The zero-order valence-corrected chi connectivity index (χ0v) is 12.5. The van der Waals surface area contributed by atoms with Crippen LogP contribution in [-0.4, -0.2) is 24.0 Å². The summed E-state index contributed by atoms with van der Waals surface area (Å²) < 4.78 is 0. The van der Waals surface area contributed by atoms with Gasteiger partial charge in [-0.05, 0) is 37.9 Å². The Balaban J connectivity index is 2.14. The fourth-order valence-electron chi connectivity index (χ4n) is 3.15. The summed E-state index contributed by atoms with van der Waals surface area (Å²) in [6.45, 7) is 6.36. The zero-order chi connectivity index (χ0) is 13.0. The molecule has 3 heteroatoms. The molecule has 1 saturated carbocycles. The molecule has 1 aliphatic rings. The highest BCUT2D eigenvalue weighted by Crippen LogP contribution is 2.33. The molecule has 1 aliphatic carbocycles. The SMILES string of the molecule is CCc1ccc(C(CN)N(CC)C2CCCC2)s1. The molecule has 1 aromatic heterocycles. The normalized spacial score (nSPS) is 18.7. The van der Waals surface area contributed by atoms with Crippen molar-refractivity contribution in [3.8, 4) is 0 Å². The highest BCUT2D eigenvalue weighted by atomic mass is 32.1. The summed E-state index contributed by atoms with van der Waals surface area (Å²) in [5, 5.41) is 0. The Kier molecular flexibility index (Phi) is 5.22. The van der Waals surface area contributed by atoms with Crippen LogP contribution in [0, 0.1) is 0 Å². The number of thiophene rings is 1. The van der Waals surface area contributed by atoms with E-state index in [1.54, 1.807) is 0 Å². The predicted molar refractivity (Wildman–Crippen MR) is 80.1 cm³/mol. The van der Waals surface area contributed by atoms with Crippen LogP contribution in [0.5, 0.6) is 0 Å². The van der Waals surface area contributed by atoms with Crippen LogP contribution in [0.4, 0.5) is 0 Å². The molecule has 1 aromatic rings. The Morgan fingerprint density at radius 3 is 2.56 bits per heavy atom. The van der Waals surface area contributed by atoms with Gasteiger partial charge in [-0.3, -0.25) is 4.90 Å². The molecule has 0 bridgehead atoms. The van der Waals surface area contributed by atoms with Crippen molar-refractivity contribution in [3.05, 3.63) is 21.9 Å². The van der Waals surface area contributed by atoms with Gasteiger partial charge >= 0.3 is 0 Å². The molecule has 1 fully saturated rings. The fraction of sp³-hybridized carbons (Fsp3) is 0.733. The van der Waals surface area contributed by atoms with Crippen LogP contribution >= 0.6 is 11.3 Å². The monoisotopic (exact) mass is 266 g/mol. The van der Waals surface area contributed by atoms with Crippen molar-refractivity contribution >= 4 is 11.3 Å². The maximum Gasteiger partial charge on any atom is 0.0566 e. The van der Waals surface area contributed by atoms with Gasteiger partial charge in [-0.1, -0.05) is 26.7 Å². The Morgan fingerprint density at radius 1 is 1.33 bits per heavy atom. The summed E-state index contributed by atoms with van der Waals surface area (Å²) in [5.41, 5.74) is 6.06. The van der Waals surface area contributed by atoms with Crippen molar-refractivity contribution in [2.24, 2.45) is 5.73 Å². The molecule has 0 aliphatic heterocycles. The number of likely N-dealkylation sites (N-methyl/N-ethyl adjacent to an activating group) is 1. The summed E-state index contributed by atoms with van der Waals surface area (Å²) in [7, 11) is 0. The van der Waals surface area contributed by atoms with Crippen molar-refractivity contribution in [3.63, 3.8) is 0 Å². The van der Waals surface area contributed by atoms with E-state index in [1.165, 1.54) is 35.4 Å². The topological polar surface area (TPSA) is 29.3 Å². The Labute approximate surface area is 115 Å². The van der Waals surface area contributed by atoms with Gasteiger partial charge < -0.3 is 5.73 Å². The predicted octanol–water partition coefficient (Wildman–Crippen LogP) is 3.57. The van der Waals surface area contributed by atoms with Crippen molar-refractivity contribution < 1.29 is 0 Å². The van der Waals surface area contributed by atoms with E-state index in [0.717, 1.165) is 25.6 Å². The van der Waals surface area contributed by atoms with Crippen molar-refractivity contribution in [2.75, 3.05) is 13.1 Å². The minimum Gasteiger partial charge on any atom is -0.329 e. The highest BCUT2D eigenvalue weighted by molar-refractivity contribution is 7.12. The second kappa shape index (κ2) is 6.69. The average molecular weight is 266 g/mol. The number of nitrogens with two attached hydrogens (primary N) is 1. The van der Waals surface area contributed by atoms with E-state index in [1.807, 2.05) is 11.3 Å². The Morgan fingerprint density at radius 2 is 2.06 bits per heavy atom. The van der Waals surface area contributed by atoms with Crippen LogP contribution in [-0.2, 0) is 6.42 Å². The number of hydrogen-bond donors (Lipinski definition) is 1. The van der Waals surface area contributed by atoms with Crippen LogP contribution in [0.25, 0.3) is 0 Å². The second-order valence-corrected chi connectivity index (χ2v) is 6.38. The van der Waals surface area contributed by atoms with Gasteiger partial charge in [0, 0.05) is 22.3 Å². The molecule has 0 radical (unpaired) electrons. The van der Waals surface area contributed by atoms with Gasteiger partial charge in [0.25, 0.3) is 0 Å². The van der Waals surface area contributed by atoms with Gasteiger partial charge in [0.15, 0.2) is 0 Å². The van der Waals surface area contributed by atoms with E-state index in [0.29, 0.717) is 6.04 Å². The van der Waals surface area contributed by atoms with Crippen LogP contribution in [0.15, 0.2) is 12.1 Å². The third-order valence-corrected chi connectivity index (χ3v) is 5.47. The number of aryl methyl sites for hydroxylation is 1. The number of nitrogens with zero attached hydrogens (tertiary/aromatic N) is 1. The minimum atomic E-state index is 0.434. The summed E-state index contributed by atoms with van der Waals surface area (Å²) >= 11 is 1.95. The summed E-state index contributed by atoms with van der Waals surface area (Å²) in [6, 6.07) is 5.75. The molecule has 0 amide bonds. The lowest BCUT2D eigenvalue weighted by molar-refractivity contribution is 0.149. The molecule has 2 nitrogen and oxygen atoms in total. The lowest BCUT2D eigenvalue weighted by Gasteiger charge is -2.34. The summed E-state index contributed by atoms with van der Waals surface area (Å²) in [4.78, 5) is 5.58. The maximum absolute atomic E-state index is 6.06. The first-order valence-corrected chi connectivity index (χ1v) is 8.16. The van der Waals surface area contributed by atoms with Crippen LogP contribution in [0.3, 0.4) is 0 Å². The highest BCUT2D eigenvalue weighted by Gasteiger charge is 2.28. The average Bonchev–Trinajstić information content (AvgIpc) is 3.06. The minimum absolute atomic E-state index is 0.434. The van der Waals surface area contributed by atoms with Crippen molar-refractivity contribution in [1.82, 2.24) is 4.90 Å². The largest absolute Gasteiger partial charge is 0.329 e. The van der Waals surface area contributed by atoms with E-state index in [-0.39, 0.29) is 0 Å². The zero-order valence-electron chi connectivity index (χ0n) is 11.7. The fourth-order valence-corrected chi connectivity index (χ4v) is 4.23. The molecule has 1 unspecified atom stereocenters. The van der Waals surface area contributed by atoms with E-state index in [4.69, 9.17) is 5.73 Å². The lowest BCUT2D eigenvalue weighted by Crippen LogP contribution is -2.39. The Bertz CT molecular complexity index is 355.